The van der Waals surface area contributed by atoms with Crippen molar-refractivity contribution in [2.45, 2.75) is 19.4 Å². The number of aliphatic hydroxyl groups excluding tert-OH is 1. The summed E-state index contributed by atoms with van der Waals surface area (Å²) in [5.74, 6) is 0.288. The second-order valence-electron chi connectivity index (χ2n) is 2.99. The third-order valence-electron chi connectivity index (χ3n) is 2.32. The average Bonchev–Trinajstić information content (AvgIpc) is 2.30. The predicted molar refractivity (Wildman–Crippen MR) is 39.4 cm³/mol. The molecular formula is C7H13NO3. The van der Waals surface area contributed by atoms with E-state index >= 15 is 0 Å². The van der Waals surface area contributed by atoms with E-state index in [1.54, 1.807) is 0 Å². The number of aliphatic hydroxyl groups is 1. The highest BCUT2D eigenvalue weighted by Crippen LogP contribution is 2.22. The third kappa shape index (κ3) is 1.45. The lowest BCUT2D eigenvalue weighted by Crippen LogP contribution is -2.38. The van der Waals surface area contributed by atoms with Crippen LogP contribution in [0.3, 0.4) is 0 Å². The molecule has 0 bridgehead atoms. The number of hydrogen-bond acceptors (Lipinski definition) is 2. The first-order chi connectivity index (χ1) is 5.16. The lowest BCUT2D eigenvalue weighted by atomic mass is 10.0. The summed E-state index contributed by atoms with van der Waals surface area (Å²) in [6.07, 6.45) is -0.0641. The van der Waals surface area contributed by atoms with Crippen LogP contribution in [0.4, 0.5) is 4.79 Å². The van der Waals surface area contributed by atoms with Gasteiger partial charge in [0.15, 0.2) is 0 Å². The second-order valence-corrected chi connectivity index (χ2v) is 2.99. The van der Waals surface area contributed by atoms with Crippen molar-refractivity contribution in [3.63, 3.8) is 0 Å². The van der Waals surface area contributed by atoms with Crippen molar-refractivity contribution in [2.24, 2.45) is 5.92 Å². The van der Waals surface area contributed by atoms with Crippen LogP contribution in [0.15, 0.2) is 0 Å². The number of hydrogen-bond donors (Lipinski definition) is 2. The van der Waals surface area contributed by atoms with E-state index in [0.29, 0.717) is 6.54 Å². The fourth-order valence-corrected chi connectivity index (χ4v) is 1.52. The maximum atomic E-state index is 10.5. The van der Waals surface area contributed by atoms with Crippen molar-refractivity contribution in [1.82, 2.24) is 4.90 Å². The molecule has 0 aromatic carbocycles. The number of carboxylic acid groups (broad SMARTS) is 1. The van der Waals surface area contributed by atoms with E-state index in [0.717, 1.165) is 6.42 Å². The molecule has 2 atom stereocenters. The van der Waals surface area contributed by atoms with Crippen LogP contribution in [0.2, 0.25) is 0 Å². The van der Waals surface area contributed by atoms with Gasteiger partial charge in [-0.25, -0.2) is 4.79 Å². The molecule has 11 heavy (non-hydrogen) atoms. The van der Waals surface area contributed by atoms with E-state index in [2.05, 4.69) is 0 Å². The van der Waals surface area contributed by atoms with Gasteiger partial charge >= 0.3 is 6.09 Å². The number of likely N-dealkylation sites (tertiary alicyclic amines) is 1. The molecule has 0 saturated carbocycles. The highest BCUT2D eigenvalue weighted by atomic mass is 16.4. The van der Waals surface area contributed by atoms with Crippen molar-refractivity contribution in [3.8, 4) is 0 Å². The zero-order valence-corrected chi connectivity index (χ0v) is 6.53. The smallest absolute Gasteiger partial charge is 0.407 e. The van der Waals surface area contributed by atoms with E-state index in [1.165, 1.54) is 4.90 Å². The molecule has 1 aliphatic heterocycles. The summed E-state index contributed by atoms with van der Waals surface area (Å²) in [4.78, 5) is 11.8. The van der Waals surface area contributed by atoms with Gasteiger partial charge in [-0.15, -0.1) is 0 Å². The van der Waals surface area contributed by atoms with E-state index in [9.17, 15) is 4.79 Å². The first-order valence-corrected chi connectivity index (χ1v) is 3.77. The predicted octanol–water partition coefficient (Wildman–Crippen LogP) is 0.367. The van der Waals surface area contributed by atoms with Gasteiger partial charge in [-0.05, 0) is 12.3 Å². The Morgan fingerprint density at radius 1 is 1.73 bits per heavy atom. The summed E-state index contributed by atoms with van der Waals surface area (Å²) in [6.45, 7) is 2.46. The van der Waals surface area contributed by atoms with Crippen molar-refractivity contribution >= 4 is 6.09 Å². The number of carbonyl (C=O) groups is 1. The second kappa shape index (κ2) is 3.09. The van der Waals surface area contributed by atoms with Gasteiger partial charge in [-0.2, -0.15) is 0 Å². The maximum absolute atomic E-state index is 10.5. The average molecular weight is 159 g/mol. The summed E-state index contributed by atoms with van der Waals surface area (Å²) < 4.78 is 0. The molecular weight excluding hydrogens is 146 g/mol. The largest absolute Gasteiger partial charge is 0.465 e. The Kier molecular flexibility index (Phi) is 2.34. The van der Waals surface area contributed by atoms with Gasteiger partial charge in [0.25, 0.3) is 0 Å². The standard InChI is InChI=1S/C7H13NO3/c1-5-2-3-8(7(10)11)6(5)4-9/h5-6,9H,2-4H2,1H3,(H,10,11)/t5-,6-/m0/s1. The fraction of sp³-hybridized carbons (Fsp3) is 0.857. The van der Waals surface area contributed by atoms with Gasteiger partial charge < -0.3 is 15.1 Å². The lowest BCUT2D eigenvalue weighted by molar-refractivity contribution is 0.109. The molecule has 1 heterocycles. The number of nitrogens with zero attached hydrogens (tertiary/aromatic N) is 1. The first-order valence-electron chi connectivity index (χ1n) is 3.77. The van der Waals surface area contributed by atoms with Crippen LogP contribution in [0.1, 0.15) is 13.3 Å². The Morgan fingerprint density at radius 2 is 2.36 bits per heavy atom. The highest BCUT2D eigenvalue weighted by Gasteiger charge is 2.33. The Hall–Kier alpha value is -0.770. The topological polar surface area (TPSA) is 60.8 Å². The van der Waals surface area contributed by atoms with E-state index < -0.39 is 6.09 Å². The molecule has 1 saturated heterocycles. The minimum absolute atomic E-state index is 0.0620. The molecule has 0 aromatic heterocycles. The minimum Gasteiger partial charge on any atom is -0.465 e. The Bertz CT molecular complexity index is 160. The van der Waals surface area contributed by atoms with Crippen LogP contribution in [0.25, 0.3) is 0 Å². The van der Waals surface area contributed by atoms with E-state index in [-0.39, 0.29) is 18.6 Å². The minimum atomic E-state index is -0.923. The van der Waals surface area contributed by atoms with Crippen molar-refractivity contribution < 1.29 is 15.0 Å². The molecule has 0 aromatic rings. The normalized spacial score (nSPS) is 30.9. The maximum Gasteiger partial charge on any atom is 0.407 e. The van der Waals surface area contributed by atoms with Gasteiger partial charge in [0.05, 0.1) is 12.6 Å². The molecule has 4 nitrogen and oxygen atoms in total. The van der Waals surface area contributed by atoms with Crippen LogP contribution in [-0.2, 0) is 0 Å². The first kappa shape index (κ1) is 8.33. The Balaban J connectivity index is 2.61. The van der Waals surface area contributed by atoms with Crippen molar-refractivity contribution in [1.29, 1.82) is 0 Å². The van der Waals surface area contributed by atoms with Gasteiger partial charge in [-0.3, -0.25) is 0 Å². The molecule has 1 aliphatic rings. The molecule has 1 rings (SSSR count). The Morgan fingerprint density at radius 3 is 2.73 bits per heavy atom. The van der Waals surface area contributed by atoms with Crippen molar-refractivity contribution in [3.05, 3.63) is 0 Å². The van der Waals surface area contributed by atoms with Crippen LogP contribution in [-0.4, -0.2) is 40.4 Å². The highest BCUT2D eigenvalue weighted by molar-refractivity contribution is 5.65. The fourth-order valence-electron chi connectivity index (χ4n) is 1.52. The molecule has 0 spiro atoms. The summed E-state index contributed by atoms with van der Waals surface area (Å²) >= 11 is 0. The number of rotatable bonds is 1. The van der Waals surface area contributed by atoms with E-state index in [4.69, 9.17) is 10.2 Å². The molecule has 0 aliphatic carbocycles. The van der Waals surface area contributed by atoms with Crippen LogP contribution < -0.4 is 0 Å². The lowest BCUT2D eigenvalue weighted by Gasteiger charge is -2.21. The van der Waals surface area contributed by atoms with Gasteiger partial charge in [-0.1, -0.05) is 6.92 Å². The van der Waals surface area contributed by atoms with Gasteiger partial charge in [0.2, 0.25) is 0 Å². The molecule has 0 radical (unpaired) electrons. The molecule has 4 heteroatoms. The van der Waals surface area contributed by atoms with E-state index in [1.807, 2.05) is 6.92 Å². The Labute approximate surface area is 65.4 Å². The summed E-state index contributed by atoms with van der Waals surface area (Å²) in [7, 11) is 0. The molecule has 1 fully saturated rings. The van der Waals surface area contributed by atoms with Gasteiger partial charge in [0.1, 0.15) is 0 Å². The zero-order chi connectivity index (χ0) is 8.43. The van der Waals surface area contributed by atoms with Crippen LogP contribution >= 0.6 is 0 Å². The van der Waals surface area contributed by atoms with Crippen LogP contribution in [0.5, 0.6) is 0 Å². The van der Waals surface area contributed by atoms with Gasteiger partial charge in [0, 0.05) is 6.54 Å². The molecule has 2 N–H and O–H groups in total. The molecule has 64 valence electrons. The number of amides is 1. The summed E-state index contributed by atoms with van der Waals surface area (Å²) in [5.41, 5.74) is 0. The SMILES string of the molecule is C[C@H]1CCN(C(=O)O)[C@H]1CO. The quantitative estimate of drug-likeness (QED) is 0.581. The summed E-state index contributed by atoms with van der Waals surface area (Å²) in [6, 6.07) is -0.188. The van der Waals surface area contributed by atoms with Crippen LogP contribution in [0, 0.1) is 5.92 Å². The molecule has 1 amide bonds. The third-order valence-corrected chi connectivity index (χ3v) is 2.32. The monoisotopic (exact) mass is 159 g/mol. The van der Waals surface area contributed by atoms with Crippen molar-refractivity contribution in [2.75, 3.05) is 13.2 Å². The molecule has 0 unspecified atom stereocenters. The summed E-state index contributed by atoms with van der Waals surface area (Å²) in [5, 5.41) is 17.5. The zero-order valence-electron chi connectivity index (χ0n) is 6.53.